The highest BCUT2D eigenvalue weighted by Crippen LogP contribution is 2.44. The number of amides is 2. The number of fused-ring (bicyclic) bond motifs is 1. The molecule has 1 aliphatic heterocycles. The summed E-state index contributed by atoms with van der Waals surface area (Å²) < 4.78 is 0. The van der Waals surface area contributed by atoms with Crippen LogP contribution in [0.1, 0.15) is 34.7 Å². The van der Waals surface area contributed by atoms with Gasteiger partial charge in [0.15, 0.2) is 0 Å². The van der Waals surface area contributed by atoms with E-state index in [0.29, 0.717) is 6.42 Å². The summed E-state index contributed by atoms with van der Waals surface area (Å²) in [5.41, 5.74) is 5.42. The Bertz CT molecular complexity index is 883. The normalized spacial score (nSPS) is 20.6. The Labute approximate surface area is 160 Å². The second-order valence-corrected chi connectivity index (χ2v) is 7.29. The van der Waals surface area contributed by atoms with Crippen LogP contribution in [-0.2, 0) is 17.6 Å². The summed E-state index contributed by atoms with van der Waals surface area (Å²) >= 11 is 3.30. The highest BCUT2D eigenvalue weighted by molar-refractivity contribution is 9.09. The van der Waals surface area contributed by atoms with Gasteiger partial charge in [-0.3, -0.25) is 4.79 Å². The molecule has 2 N–H and O–H groups in total. The van der Waals surface area contributed by atoms with Crippen molar-refractivity contribution in [1.82, 2.24) is 5.32 Å². The fourth-order valence-electron chi connectivity index (χ4n) is 4.31. The van der Waals surface area contributed by atoms with Crippen LogP contribution in [0.2, 0.25) is 0 Å². The number of nitrogens with one attached hydrogen (secondary N) is 1. The van der Waals surface area contributed by atoms with E-state index in [-0.39, 0.29) is 23.3 Å². The number of halogens is 1. The molecule has 2 atom stereocenters. The summed E-state index contributed by atoms with van der Waals surface area (Å²) in [6.07, 6.45) is 1.15. The van der Waals surface area contributed by atoms with Crippen molar-refractivity contribution in [3.63, 3.8) is 0 Å². The smallest absolute Gasteiger partial charge is 0.404 e. The molecule has 5 nitrogen and oxygen atoms in total. The molecule has 2 amide bonds. The Morgan fingerprint density at radius 1 is 1.12 bits per heavy atom. The molecule has 0 saturated heterocycles. The molecule has 1 heterocycles. The number of carbonyl (C=O) groups excluding carboxylic acids is 1. The third kappa shape index (κ3) is 2.78. The third-order valence-corrected chi connectivity index (χ3v) is 5.77. The summed E-state index contributed by atoms with van der Waals surface area (Å²) in [6, 6.07) is 13.5. The Morgan fingerprint density at radius 3 is 2.62 bits per heavy atom. The van der Waals surface area contributed by atoms with Crippen LogP contribution in [0.15, 0.2) is 42.5 Å². The largest absolute Gasteiger partial charge is 0.465 e. The van der Waals surface area contributed by atoms with E-state index in [4.69, 9.17) is 0 Å². The van der Waals surface area contributed by atoms with Crippen molar-refractivity contribution in [2.45, 2.75) is 31.3 Å². The van der Waals surface area contributed by atoms with Crippen molar-refractivity contribution >= 4 is 33.6 Å². The van der Waals surface area contributed by atoms with Crippen LogP contribution in [0.3, 0.4) is 0 Å². The maximum atomic E-state index is 12.9. The number of aryl methyl sites for hydroxylation is 1. The minimum atomic E-state index is -1.06. The maximum Gasteiger partial charge on any atom is 0.404 e. The average Bonchev–Trinajstić information content (AvgIpc) is 2.78. The van der Waals surface area contributed by atoms with Gasteiger partial charge in [0.05, 0.1) is 17.4 Å². The lowest BCUT2D eigenvalue weighted by atomic mass is 9.80. The molecular formula is C20H19BrN2O3. The number of rotatable bonds is 2. The van der Waals surface area contributed by atoms with Gasteiger partial charge in [-0.2, -0.15) is 0 Å². The lowest BCUT2D eigenvalue weighted by molar-refractivity contribution is -0.116. The predicted octanol–water partition coefficient (Wildman–Crippen LogP) is 3.64. The lowest BCUT2D eigenvalue weighted by Crippen LogP contribution is -2.50. The summed E-state index contributed by atoms with van der Waals surface area (Å²) in [6.45, 7) is 0. The van der Waals surface area contributed by atoms with Crippen molar-refractivity contribution in [2.75, 3.05) is 10.2 Å². The standard InChI is InChI=1S/C20H19BrN2O3/c21-11-17(24)23-16-7-2-1-4-13(16)10-14-6-3-5-12-8-9-15(22-20(25)26)19(23)18(12)14/h1-7,15,19,22H,8-11H2,(H,25,26)/t15-,19-/m1/s1. The van der Waals surface area contributed by atoms with Gasteiger partial charge in [0, 0.05) is 5.69 Å². The van der Waals surface area contributed by atoms with Gasteiger partial charge < -0.3 is 15.3 Å². The summed E-state index contributed by atoms with van der Waals surface area (Å²) in [4.78, 5) is 26.1. The van der Waals surface area contributed by atoms with Gasteiger partial charge in [0.1, 0.15) is 0 Å². The first kappa shape index (κ1) is 17.1. The lowest BCUT2D eigenvalue weighted by Gasteiger charge is -2.41. The van der Waals surface area contributed by atoms with Crippen LogP contribution in [0.4, 0.5) is 10.5 Å². The molecule has 134 valence electrons. The van der Waals surface area contributed by atoms with Crippen molar-refractivity contribution in [2.24, 2.45) is 0 Å². The van der Waals surface area contributed by atoms with E-state index in [2.05, 4.69) is 39.4 Å². The average molecular weight is 415 g/mol. The SMILES string of the molecule is O=C(O)N[C@@H]1CCc2cccc3c2[C@@H]1N(C(=O)CBr)c1ccccc1C3. The summed E-state index contributed by atoms with van der Waals surface area (Å²) in [5, 5.41) is 12.2. The second kappa shape index (κ2) is 6.76. The molecule has 26 heavy (non-hydrogen) atoms. The monoisotopic (exact) mass is 414 g/mol. The van der Waals surface area contributed by atoms with Crippen LogP contribution in [0, 0.1) is 0 Å². The van der Waals surface area contributed by atoms with Crippen LogP contribution < -0.4 is 10.2 Å². The fraction of sp³-hybridized carbons (Fsp3) is 0.300. The van der Waals surface area contributed by atoms with E-state index in [9.17, 15) is 14.7 Å². The molecule has 0 saturated carbocycles. The van der Waals surface area contributed by atoms with Crippen LogP contribution in [0.25, 0.3) is 0 Å². The van der Waals surface area contributed by atoms with Crippen LogP contribution >= 0.6 is 15.9 Å². The predicted molar refractivity (Wildman–Crippen MR) is 103 cm³/mol. The molecule has 4 rings (SSSR count). The Hall–Kier alpha value is -2.34. The highest BCUT2D eigenvalue weighted by Gasteiger charge is 2.41. The minimum absolute atomic E-state index is 0.0656. The number of anilines is 1. The number of alkyl halides is 1. The van der Waals surface area contributed by atoms with E-state index in [1.54, 1.807) is 4.90 Å². The molecule has 2 aromatic carbocycles. The first-order valence-corrected chi connectivity index (χ1v) is 9.78. The molecule has 1 aliphatic carbocycles. The molecule has 0 radical (unpaired) electrons. The minimum Gasteiger partial charge on any atom is -0.465 e. The van der Waals surface area contributed by atoms with E-state index in [0.717, 1.165) is 29.7 Å². The fourth-order valence-corrected chi connectivity index (χ4v) is 4.58. The molecule has 0 unspecified atom stereocenters. The quantitative estimate of drug-likeness (QED) is 0.736. The first-order valence-electron chi connectivity index (χ1n) is 8.66. The molecule has 0 bridgehead atoms. The Balaban J connectivity index is 1.97. The number of hydrogen-bond donors (Lipinski definition) is 2. The number of nitrogens with zero attached hydrogens (tertiary/aromatic N) is 1. The molecule has 0 fully saturated rings. The summed E-state index contributed by atoms with van der Waals surface area (Å²) in [5.74, 6) is -0.0656. The molecule has 2 aromatic rings. The first-order chi connectivity index (χ1) is 12.6. The van der Waals surface area contributed by atoms with Crippen LogP contribution in [-0.4, -0.2) is 28.5 Å². The van der Waals surface area contributed by atoms with Crippen molar-refractivity contribution in [3.8, 4) is 0 Å². The third-order valence-electron chi connectivity index (χ3n) is 5.29. The van der Waals surface area contributed by atoms with Gasteiger partial charge in [0.25, 0.3) is 0 Å². The van der Waals surface area contributed by atoms with Gasteiger partial charge in [-0.1, -0.05) is 52.3 Å². The van der Waals surface area contributed by atoms with Crippen LogP contribution in [0.5, 0.6) is 0 Å². The van der Waals surface area contributed by atoms with E-state index in [1.807, 2.05) is 24.3 Å². The topological polar surface area (TPSA) is 69.6 Å². The van der Waals surface area contributed by atoms with Crippen molar-refractivity contribution in [1.29, 1.82) is 0 Å². The Morgan fingerprint density at radius 2 is 1.85 bits per heavy atom. The highest BCUT2D eigenvalue weighted by atomic mass is 79.9. The van der Waals surface area contributed by atoms with E-state index in [1.165, 1.54) is 11.1 Å². The Kier molecular flexibility index (Phi) is 4.44. The number of carboxylic acid groups (broad SMARTS) is 1. The van der Waals surface area contributed by atoms with E-state index < -0.39 is 6.09 Å². The number of hydrogen-bond acceptors (Lipinski definition) is 2. The zero-order valence-corrected chi connectivity index (χ0v) is 15.7. The van der Waals surface area contributed by atoms with Gasteiger partial charge in [-0.25, -0.2) is 4.79 Å². The molecule has 0 aromatic heterocycles. The maximum absolute atomic E-state index is 12.9. The van der Waals surface area contributed by atoms with Gasteiger partial charge >= 0.3 is 6.09 Å². The molecule has 6 heteroatoms. The molecular weight excluding hydrogens is 396 g/mol. The molecule has 0 spiro atoms. The zero-order chi connectivity index (χ0) is 18.3. The second-order valence-electron chi connectivity index (χ2n) is 6.73. The number of carbonyl (C=O) groups is 2. The van der Waals surface area contributed by atoms with Gasteiger partial charge in [-0.15, -0.1) is 0 Å². The zero-order valence-electron chi connectivity index (χ0n) is 14.1. The number of para-hydroxylation sites is 1. The van der Waals surface area contributed by atoms with Gasteiger partial charge in [-0.05, 0) is 47.6 Å². The molecule has 2 aliphatic rings. The van der Waals surface area contributed by atoms with Crippen molar-refractivity contribution < 1.29 is 14.7 Å². The van der Waals surface area contributed by atoms with E-state index >= 15 is 0 Å². The summed E-state index contributed by atoms with van der Waals surface area (Å²) in [7, 11) is 0. The van der Waals surface area contributed by atoms with Crippen molar-refractivity contribution in [3.05, 3.63) is 64.7 Å². The van der Waals surface area contributed by atoms with Gasteiger partial charge in [0.2, 0.25) is 5.91 Å². The number of benzene rings is 2.